The lowest BCUT2D eigenvalue weighted by Crippen LogP contribution is -2.51. The second-order valence-corrected chi connectivity index (χ2v) is 3.86. The highest BCUT2D eigenvalue weighted by molar-refractivity contribution is 5.72. The van der Waals surface area contributed by atoms with Gasteiger partial charge in [0.25, 0.3) is 0 Å². The van der Waals surface area contributed by atoms with Gasteiger partial charge in [-0.2, -0.15) is 0 Å². The average Bonchev–Trinajstić information content (AvgIpc) is 2.38. The van der Waals surface area contributed by atoms with E-state index in [4.69, 9.17) is 4.74 Å². The first-order valence-electron chi connectivity index (χ1n) is 4.60. The number of alkyl carbamates (subject to hydrolysis) is 1. The molecule has 2 N–H and O–H groups in total. The topological polar surface area (TPSA) is 71.5 Å². The van der Waals surface area contributed by atoms with Crippen LogP contribution in [0.4, 0.5) is 4.79 Å². The Morgan fingerprint density at radius 2 is 2.27 bits per heavy atom. The third-order valence-corrected chi connectivity index (χ3v) is 2.78. The van der Waals surface area contributed by atoms with E-state index < -0.39 is 17.4 Å². The maximum Gasteiger partial charge on any atom is 0.410 e. The molecule has 1 aromatic heterocycles. The zero-order valence-electron chi connectivity index (χ0n) is 8.52. The van der Waals surface area contributed by atoms with Crippen molar-refractivity contribution in [2.75, 3.05) is 0 Å². The van der Waals surface area contributed by atoms with E-state index in [-0.39, 0.29) is 0 Å². The minimum Gasteiger partial charge on any atom is -0.433 e. The Hall–Kier alpha value is -1.62. The molecule has 15 heavy (non-hydrogen) atoms. The van der Waals surface area contributed by atoms with Crippen LogP contribution in [-0.2, 0) is 10.3 Å². The molecule has 1 aliphatic rings. The van der Waals surface area contributed by atoms with Crippen molar-refractivity contribution in [2.45, 2.75) is 25.2 Å². The first kappa shape index (κ1) is 9.92. The zero-order chi connectivity index (χ0) is 11.1. The standard InChI is InChI=1S/C10H12N2O3/c1-9(7-4-3-5-11-6-7)10(2,14)12-8(13)15-9/h3-6,14H,1-2H3,(H,12,13)/t9-,10-/m0/s1. The van der Waals surface area contributed by atoms with Crippen LogP contribution in [0, 0.1) is 0 Å². The number of hydrogen-bond acceptors (Lipinski definition) is 4. The molecule has 1 amide bonds. The number of rotatable bonds is 1. The number of cyclic esters (lactones) is 1. The molecule has 1 aromatic rings. The summed E-state index contributed by atoms with van der Waals surface area (Å²) in [6.07, 6.45) is 2.55. The van der Waals surface area contributed by atoms with Gasteiger partial charge in [0.15, 0.2) is 11.3 Å². The Morgan fingerprint density at radius 1 is 1.53 bits per heavy atom. The lowest BCUT2D eigenvalue weighted by atomic mass is 9.88. The summed E-state index contributed by atoms with van der Waals surface area (Å²) < 4.78 is 5.11. The lowest BCUT2D eigenvalue weighted by Gasteiger charge is -2.32. The highest BCUT2D eigenvalue weighted by atomic mass is 16.6. The normalized spacial score (nSPS) is 34.7. The molecular weight excluding hydrogens is 196 g/mol. The van der Waals surface area contributed by atoms with Crippen LogP contribution in [0.1, 0.15) is 19.4 Å². The summed E-state index contributed by atoms with van der Waals surface area (Å²) in [6, 6.07) is 3.48. The maximum absolute atomic E-state index is 11.1. The SMILES string of the molecule is C[C@@]1(c2cccnc2)OC(=O)N[C@@]1(C)O. The van der Waals surface area contributed by atoms with Gasteiger partial charge in [0.1, 0.15) is 0 Å². The molecule has 1 aliphatic heterocycles. The molecule has 1 fully saturated rings. The van der Waals surface area contributed by atoms with Crippen molar-refractivity contribution < 1.29 is 14.6 Å². The van der Waals surface area contributed by atoms with Gasteiger partial charge < -0.3 is 9.84 Å². The smallest absolute Gasteiger partial charge is 0.410 e. The summed E-state index contributed by atoms with van der Waals surface area (Å²) in [5, 5.41) is 12.4. The third-order valence-electron chi connectivity index (χ3n) is 2.78. The number of carbonyl (C=O) groups excluding carboxylic acids is 1. The Bertz CT molecular complexity index is 391. The van der Waals surface area contributed by atoms with Crippen LogP contribution in [0.25, 0.3) is 0 Å². The number of nitrogens with zero attached hydrogens (tertiary/aromatic N) is 1. The largest absolute Gasteiger partial charge is 0.433 e. The molecule has 0 bridgehead atoms. The number of pyridine rings is 1. The summed E-state index contributed by atoms with van der Waals surface area (Å²) in [7, 11) is 0. The number of hydrogen-bond donors (Lipinski definition) is 2. The lowest BCUT2D eigenvalue weighted by molar-refractivity contribution is -0.0990. The van der Waals surface area contributed by atoms with Gasteiger partial charge in [-0.15, -0.1) is 0 Å². The zero-order valence-corrected chi connectivity index (χ0v) is 8.52. The molecule has 2 atom stereocenters. The highest BCUT2D eigenvalue weighted by Gasteiger charge is 2.55. The van der Waals surface area contributed by atoms with Gasteiger partial charge in [-0.25, -0.2) is 4.79 Å². The van der Waals surface area contributed by atoms with Gasteiger partial charge in [-0.05, 0) is 19.9 Å². The number of amides is 1. The van der Waals surface area contributed by atoms with Crippen LogP contribution in [-0.4, -0.2) is 21.9 Å². The molecule has 0 radical (unpaired) electrons. The number of nitrogens with one attached hydrogen (secondary N) is 1. The summed E-state index contributed by atoms with van der Waals surface area (Å²) in [6.45, 7) is 3.13. The van der Waals surface area contributed by atoms with Gasteiger partial charge in [-0.3, -0.25) is 10.3 Å². The fraction of sp³-hybridized carbons (Fsp3) is 0.400. The Labute approximate surface area is 87.1 Å². The predicted molar refractivity (Wildman–Crippen MR) is 51.8 cm³/mol. The molecule has 0 spiro atoms. The van der Waals surface area contributed by atoms with E-state index in [1.165, 1.54) is 6.92 Å². The van der Waals surface area contributed by atoms with Gasteiger partial charge >= 0.3 is 6.09 Å². The highest BCUT2D eigenvalue weighted by Crippen LogP contribution is 2.38. The molecule has 5 nitrogen and oxygen atoms in total. The molecule has 2 heterocycles. The minimum absolute atomic E-state index is 0.633. The van der Waals surface area contributed by atoms with Crippen molar-refractivity contribution in [2.24, 2.45) is 0 Å². The molecule has 0 unspecified atom stereocenters. The Balaban J connectivity index is 2.47. The van der Waals surface area contributed by atoms with Crippen LogP contribution < -0.4 is 5.32 Å². The van der Waals surface area contributed by atoms with Gasteiger partial charge in [0.05, 0.1) is 0 Å². The molecule has 0 saturated carbocycles. The first-order chi connectivity index (χ1) is 6.96. The van der Waals surface area contributed by atoms with E-state index in [0.717, 1.165) is 0 Å². The predicted octanol–water partition coefficient (Wildman–Crippen LogP) is 0.745. The Kier molecular flexibility index (Phi) is 1.94. The molecular formula is C10H12N2O3. The van der Waals surface area contributed by atoms with Crippen LogP contribution >= 0.6 is 0 Å². The quantitative estimate of drug-likeness (QED) is 0.714. The van der Waals surface area contributed by atoms with E-state index in [2.05, 4.69) is 10.3 Å². The third kappa shape index (κ3) is 1.35. The maximum atomic E-state index is 11.1. The van der Waals surface area contributed by atoms with Gasteiger partial charge in [-0.1, -0.05) is 6.07 Å². The number of ether oxygens (including phenoxy) is 1. The van der Waals surface area contributed by atoms with E-state index in [9.17, 15) is 9.90 Å². The van der Waals surface area contributed by atoms with Crippen molar-refractivity contribution >= 4 is 6.09 Å². The second-order valence-electron chi connectivity index (χ2n) is 3.86. The summed E-state index contributed by atoms with van der Waals surface area (Å²) in [4.78, 5) is 15.1. The molecule has 2 rings (SSSR count). The van der Waals surface area contributed by atoms with E-state index in [0.29, 0.717) is 5.56 Å². The van der Waals surface area contributed by atoms with Crippen molar-refractivity contribution in [1.29, 1.82) is 0 Å². The monoisotopic (exact) mass is 208 g/mol. The number of aliphatic hydroxyl groups is 1. The van der Waals surface area contributed by atoms with E-state index in [1.54, 1.807) is 31.5 Å². The van der Waals surface area contributed by atoms with E-state index in [1.807, 2.05) is 0 Å². The van der Waals surface area contributed by atoms with Crippen molar-refractivity contribution in [3.8, 4) is 0 Å². The minimum atomic E-state index is -1.44. The fourth-order valence-corrected chi connectivity index (χ4v) is 1.61. The first-order valence-corrected chi connectivity index (χ1v) is 4.60. The summed E-state index contributed by atoms with van der Waals surface area (Å²) in [5.74, 6) is 0. The molecule has 1 saturated heterocycles. The van der Waals surface area contributed by atoms with Crippen molar-refractivity contribution in [1.82, 2.24) is 10.3 Å². The van der Waals surface area contributed by atoms with Crippen LogP contribution in [0.3, 0.4) is 0 Å². The van der Waals surface area contributed by atoms with Crippen molar-refractivity contribution in [3.05, 3.63) is 30.1 Å². The van der Waals surface area contributed by atoms with Crippen LogP contribution in [0.2, 0.25) is 0 Å². The van der Waals surface area contributed by atoms with Crippen LogP contribution in [0.15, 0.2) is 24.5 Å². The summed E-state index contributed by atoms with van der Waals surface area (Å²) in [5.41, 5.74) is -1.90. The average molecular weight is 208 g/mol. The van der Waals surface area contributed by atoms with E-state index >= 15 is 0 Å². The molecule has 0 aliphatic carbocycles. The molecule has 80 valence electrons. The summed E-state index contributed by atoms with van der Waals surface area (Å²) >= 11 is 0. The molecule has 0 aromatic carbocycles. The fourth-order valence-electron chi connectivity index (χ4n) is 1.61. The van der Waals surface area contributed by atoms with Crippen LogP contribution in [0.5, 0.6) is 0 Å². The second kappa shape index (κ2) is 2.93. The molecule has 5 heteroatoms. The number of aromatic nitrogens is 1. The van der Waals surface area contributed by atoms with Gasteiger partial charge in [0.2, 0.25) is 0 Å². The van der Waals surface area contributed by atoms with Gasteiger partial charge in [0, 0.05) is 18.0 Å². The Morgan fingerprint density at radius 3 is 2.73 bits per heavy atom. The number of carbonyl (C=O) groups is 1. The van der Waals surface area contributed by atoms with Crippen molar-refractivity contribution in [3.63, 3.8) is 0 Å².